The average Bonchev–Trinajstić information content (AvgIpc) is 2.97. The zero-order valence-corrected chi connectivity index (χ0v) is 11.9. The van der Waals surface area contributed by atoms with E-state index in [0.717, 1.165) is 0 Å². The van der Waals surface area contributed by atoms with Gasteiger partial charge in [0.2, 0.25) is 0 Å². The number of non-ortho nitro benzene ring substituents is 1. The molecule has 0 unspecified atom stereocenters. The number of hydrogen-bond donors (Lipinski definition) is 2. The maximum Gasteiger partial charge on any atom is 0.272 e. The van der Waals surface area contributed by atoms with E-state index in [1.807, 2.05) is 0 Å². The Morgan fingerprint density at radius 2 is 1.91 bits per heavy atom. The number of H-pyrrole nitrogens is 1. The number of amides is 1. The van der Waals surface area contributed by atoms with Gasteiger partial charge >= 0.3 is 0 Å². The Morgan fingerprint density at radius 1 is 1.23 bits per heavy atom. The van der Waals surface area contributed by atoms with Crippen molar-refractivity contribution in [3.05, 3.63) is 51.8 Å². The van der Waals surface area contributed by atoms with Crippen LogP contribution in [0.4, 0.5) is 11.4 Å². The fourth-order valence-corrected chi connectivity index (χ4v) is 1.83. The smallest absolute Gasteiger partial charge is 0.272 e. The van der Waals surface area contributed by atoms with Crippen molar-refractivity contribution in [2.75, 3.05) is 12.4 Å². The van der Waals surface area contributed by atoms with Crippen LogP contribution in [0, 0.1) is 10.1 Å². The predicted octanol–water partition coefficient (Wildman–Crippen LogP) is 2.39. The Kier molecular flexibility index (Phi) is 4.21. The van der Waals surface area contributed by atoms with Crippen LogP contribution < -0.4 is 10.1 Å². The molecule has 0 saturated heterocycles. The topological polar surface area (TPSA) is 114 Å². The minimum absolute atomic E-state index is 0.166. The molecule has 0 aliphatic rings. The molecule has 1 aromatic heterocycles. The van der Waals surface area contributed by atoms with E-state index >= 15 is 0 Å². The van der Waals surface area contributed by atoms with Gasteiger partial charge in [0, 0.05) is 19.1 Å². The van der Waals surface area contributed by atoms with Gasteiger partial charge in [-0.1, -0.05) is 0 Å². The summed E-state index contributed by atoms with van der Waals surface area (Å²) in [6.45, 7) is 1.37. The first-order chi connectivity index (χ1) is 10.4. The van der Waals surface area contributed by atoms with Gasteiger partial charge in [0.15, 0.2) is 5.78 Å². The van der Waals surface area contributed by atoms with Crippen molar-refractivity contribution in [1.82, 2.24) is 4.98 Å². The second-order valence-corrected chi connectivity index (χ2v) is 4.44. The molecule has 1 amide bonds. The van der Waals surface area contributed by atoms with Gasteiger partial charge in [0.1, 0.15) is 11.4 Å². The van der Waals surface area contributed by atoms with Crippen molar-refractivity contribution in [3.8, 4) is 5.75 Å². The van der Waals surface area contributed by atoms with Gasteiger partial charge in [-0.3, -0.25) is 19.7 Å². The van der Waals surface area contributed by atoms with Gasteiger partial charge in [-0.25, -0.2) is 0 Å². The first-order valence-corrected chi connectivity index (χ1v) is 6.26. The summed E-state index contributed by atoms with van der Waals surface area (Å²) in [5.74, 6) is -0.449. The van der Waals surface area contributed by atoms with Gasteiger partial charge in [-0.2, -0.15) is 0 Å². The molecular formula is C14H13N3O5. The van der Waals surface area contributed by atoms with E-state index in [1.54, 1.807) is 0 Å². The summed E-state index contributed by atoms with van der Waals surface area (Å²) in [5, 5.41) is 13.3. The zero-order chi connectivity index (χ0) is 16.3. The van der Waals surface area contributed by atoms with Crippen molar-refractivity contribution < 1.29 is 19.2 Å². The van der Waals surface area contributed by atoms with E-state index in [1.165, 1.54) is 44.4 Å². The number of aromatic nitrogens is 1. The molecule has 0 atom stereocenters. The number of nitro benzene ring substituents is 1. The molecule has 0 saturated carbocycles. The predicted molar refractivity (Wildman–Crippen MR) is 78.4 cm³/mol. The summed E-state index contributed by atoms with van der Waals surface area (Å²) in [7, 11) is 1.39. The molecule has 22 heavy (non-hydrogen) atoms. The maximum absolute atomic E-state index is 12.1. The van der Waals surface area contributed by atoms with Crippen LogP contribution in [0.25, 0.3) is 0 Å². The van der Waals surface area contributed by atoms with E-state index in [9.17, 15) is 19.7 Å². The number of nitro groups is 1. The van der Waals surface area contributed by atoms with E-state index < -0.39 is 10.8 Å². The van der Waals surface area contributed by atoms with Gasteiger partial charge < -0.3 is 15.0 Å². The van der Waals surface area contributed by atoms with Crippen LogP contribution in [0.2, 0.25) is 0 Å². The number of anilines is 1. The van der Waals surface area contributed by atoms with Crippen LogP contribution in [-0.4, -0.2) is 28.7 Å². The van der Waals surface area contributed by atoms with Crippen molar-refractivity contribution >= 4 is 23.1 Å². The molecule has 1 heterocycles. The first-order valence-electron chi connectivity index (χ1n) is 6.26. The zero-order valence-electron chi connectivity index (χ0n) is 11.9. The fraction of sp³-hybridized carbons (Fsp3) is 0.143. The van der Waals surface area contributed by atoms with Crippen molar-refractivity contribution in [3.63, 3.8) is 0 Å². The highest BCUT2D eigenvalue weighted by Crippen LogP contribution is 2.29. The van der Waals surface area contributed by atoms with Gasteiger partial charge in [-0.15, -0.1) is 0 Å². The summed E-state index contributed by atoms with van der Waals surface area (Å²) in [5.41, 5.74) is 0.461. The second-order valence-electron chi connectivity index (χ2n) is 4.44. The minimum Gasteiger partial charge on any atom is -0.495 e. The molecule has 2 aromatic rings. The molecule has 0 aliphatic heterocycles. The summed E-state index contributed by atoms with van der Waals surface area (Å²) in [6.07, 6.45) is 0. The molecule has 0 bridgehead atoms. The Morgan fingerprint density at radius 3 is 2.45 bits per heavy atom. The van der Waals surface area contributed by atoms with E-state index in [4.69, 9.17) is 4.74 Å². The third-order valence-corrected chi connectivity index (χ3v) is 2.95. The number of rotatable bonds is 5. The number of nitrogens with zero attached hydrogens (tertiary/aromatic N) is 1. The lowest BCUT2D eigenvalue weighted by Gasteiger charge is -2.09. The van der Waals surface area contributed by atoms with Crippen LogP contribution >= 0.6 is 0 Å². The SMILES string of the molecule is COc1ccc([N+](=O)[O-])cc1NC(=O)c1ccc(C(C)=O)[nH]1. The lowest BCUT2D eigenvalue weighted by Crippen LogP contribution is -2.13. The van der Waals surface area contributed by atoms with E-state index in [-0.39, 0.29) is 28.6 Å². The number of carbonyl (C=O) groups excluding carboxylic acids is 2. The van der Waals surface area contributed by atoms with Crippen molar-refractivity contribution in [2.45, 2.75) is 6.92 Å². The third-order valence-electron chi connectivity index (χ3n) is 2.95. The average molecular weight is 303 g/mol. The second kappa shape index (κ2) is 6.08. The number of Topliss-reactive ketones (excluding diaryl/α,β-unsaturated/α-hetero) is 1. The number of nitrogens with one attached hydrogen (secondary N) is 2. The summed E-state index contributed by atoms with van der Waals surface area (Å²) in [6, 6.07) is 6.81. The standard InChI is InChI=1S/C14H13N3O5/c1-8(18)10-4-5-11(15-10)14(19)16-12-7-9(17(20)21)3-6-13(12)22-2/h3-7,15H,1-2H3,(H,16,19). The normalized spacial score (nSPS) is 10.1. The van der Waals surface area contributed by atoms with Gasteiger partial charge in [0.25, 0.3) is 11.6 Å². The number of ether oxygens (including phenoxy) is 1. The van der Waals surface area contributed by atoms with Crippen molar-refractivity contribution in [2.24, 2.45) is 0 Å². The molecular weight excluding hydrogens is 290 g/mol. The molecule has 0 aliphatic carbocycles. The molecule has 0 fully saturated rings. The Labute approximate surface area is 125 Å². The quantitative estimate of drug-likeness (QED) is 0.500. The number of benzene rings is 1. The van der Waals surface area contributed by atoms with Gasteiger partial charge in [0.05, 0.1) is 23.4 Å². The molecule has 114 valence electrons. The molecule has 0 spiro atoms. The summed E-state index contributed by atoms with van der Waals surface area (Å²) < 4.78 is 5.06. The van der Waals surface area contributed by atoms with Crippen LogP contribution in [-0.2, 0) is 0 Å². The molecule has 8 nitrogen and oxygen atoms in total. The highest BCUT2D eigenvalue weighted by Gasteiger charge is 2.16. The number of hydrogen-bond acceptors (Lipinski definition) is 5. The number of carbonyl (C=O) groups is 2. The van der Waals surface area contributed by atoms with Gasteiger partial charge in [-0.05, 0) is 18.2 Å². The van der Waals surface area contributed by atoms with Crippen LogP contribution in [0.15, 0.2) is 30.3 Å². The molecule has 1 aromatic carbocycles. The molecule has 2 rings (SSSR count). The molecule has 8 heteroatoms. The summed E-state index contributed by atoms with van der Waals surface area (Å²) >= 11 is 0. The number of aromatic amines is 1. The number of methoxy groups -OCH3 is 1. The van der Waals surface area contributed by atoms with Crippen LogP contribution in [0.1, 0.15) is 27.9 Å². The van der Waals surface area contributed by atoms with E-state index in [0.29, 0.717) is 5.69 Å². The Bertz CT molecular complexity index is 751. The third kappa shape index (κ3) is 3.11. The summed E-state index contributed by atoms with van der Waals surface area (Å²) in [4.78, 5) is 36.2. The highest BCUT2D eigenvalue weighted by atomic mass is 16.6. The number of ketones is 1. The van der Waals surface area contributed by atoms with Crippen molar-refractivity contribution in [1.29, 1.82) is 0 Å². The van der Waals surface area contributed by atoms with Crippen LogP contribution in [0.5, 0.6) is 5.75 Å². The van der Waals surface area contributed by atoms with Crippen LogP contribution in [0.3, 0.4) is 0 Å². The highest BCUT2D eigenvalue weighted by molar-refractivity contribution is 6.05. The minimum atomic E-state index is -0.572. The Balaban J connectivity index is 2.28. The fourth-order valence-electron chi connectivity index (χ4n) is 1.83. The molecule has 2 N–H and O–H groups in total. The Hall–Kier alpha value is -3.16. The first kappa shape index (κ1) is 15.2. The lowest BCUT2D eigenvalue weighted by atomic mass is 10.2. The maximum atomic E-state index is 12.1. The van der Waals surface area contributed by atoms with E-state index in [2.05, 4.69) is 10.3 Å². The monoisotopic (exact) mass is 303 g/mol. The largest absolute Gasteiger partial charge is 0.495 e. The molecule has 0 radical (unpaired) electrons. The lowest BCUT2D eigenvalue weighted by molar-refractivity contribution is -0.384.